The van der Waals surface area contributed by atoms with Gasteiger partial charge in [0.15, 0.2) is 0 Å². The molecule has 2 aliphatic rings. The number of rotatable bonds is 4. The summed E-state index contributed by atoms with van der Waals surface area (Å²) in [5, 5.41) is 4.42. The second-order valence-corrected chi connectivity index (χ2v) is 8.44. The molecule has 5 rings (SSSR count). The minimum absolute atomic E-state index is 0.0167. The fourth-order valence-corrected chi connectivity index (χ4v) is 4.81. The van der Waals surface area contributed by atoms with Crippen LogP contribution in [0.3, 0.4) is 0 Å². The Hall–Kier alpha value is -3.68. The van der Waals surface area contributed by atoms with E-state index in [0.717, 1.165) is 23.4 Å². The molecule has 4 heterocycles. The molecule has 0 saturated carbocycles. The zero-order chi connectivity index (χ0) is 22.2. The average Bonchev–Trinajstić information content (AvgIpc) is 2.81. The van der Waals surface area contributed by atoms with Crippen molar-refractivity contribution in [1.82, 2.24) is 19.2 Å². The molecule has 0 aliphatic carbocycles. The summed E-state index contributed by atoms with van der Waals surface area (Å²) in [5.41, 5.74) is 2.14. The van der Waals surface area contributed by atoms with Crippen LogP contribution in [0.1, 0.15) is 18.0 Å². The molecule has 1 amide bonds. The zero-order valence-corrected chi connectivity index (χ0v) is 17.8. The Morgan fingerprint density at radius 3 is 2.59 bits per heavy atom. The summed E-state index contributed by atoms with van der Waals surface area (Å²) >= 11 is 0. The highest BCUT2D eigenvalue weighted by Gasteiger charge is 2.36. The van der Waals surface area contributed by atoms with Gasteiger partial charge in [-0.15, -0.1) is 0 Å². The Bertz CT molecular complexity index is 1280. The van der Waals surface area contributed by atoms with Crippen LogP contribution in [-0.4, -0.2) is 45.4 Å². The maximum Gasteiger partial charge on any atom is 0.267 e. The second-order valence-electron chi connectivity index (χ2n) is 8.44. The Labute approximate surface area is 184 Å². The second kappa shape index (κ2) is 8.11. The number of piperidine rings is 1. The van der Waals surface area contributed by atoms with Crippen molar-refractivity contribution in [2.24, 2.45) is 5.92 Å². The summed E-state index contributed by atoms with van der Waals surface area (Å²) in [7, 11) is 1.60. The maximum atomic E-state index is 13.1. The fourth-order valence-electron chi connectivity index (χ4n) is 4.81. The molecule has 2 atom stereocenters. The van der Waals surface area contributed by atoms with Gasteiger partial charge in [-0.05, 0) is 48.7 Å². The Kier molecular flexibility index (Phi) is 5.13. The maximum absolute atomic E-state index is 13.1. The van der Waals surface area contributed by atoms with E-state index in [-0.39, 0.29) is 35.4 Å². The van der Waals surface area contributed by atoms with Gasteiger partial charge in [0.05, 0.1) is 12.8 Å². The number of hydrogen-bond acceptors (Lipinski definition) is 5. The van der Waals surface area contributed by atoms with E-state index in [1.54, 1.807) is 25.3 Å². The van der Waals surface area contributed by atoms with Crippen molar-refractivity contribution < 1.29 is 9.53 Å². The number of fused-ring (bicyclic) bond motifs is 4. The van der Waals surface area contributed by atoms with Crippen molar-refractivity contribution in [3.05, 3.63) is 81.0 Å². The third kappa shape index (κ3) is 3.72. The number of methoxy groups -OCH3 is 1. The van der Waals surface area contributed by atoms with Crippen molar-refractivity contribution in [2.45, 2.75) is 25.4 Å². The van der Waals surface area contributed by atoms with Crippen LogP contribution in [0.5, 0.6) is 5.75 Å². The first-order chi connectivity index (χ1) is 15.5. The highest BCUT2D eigenvalue weighted by atomic mass is 16.5. The number of benzene rings is 1. The molecule has 32 heavy (non-hydrogen) atoms. The van der Waals surface area contributed by atoms with Crippen molar-refractivity contribution in [1.29, 1.82) is 0 Å². The van der Waals surface area contributed by atoms with E-state index in [2.05, 4.69) is 5.10 Å². The normalized spacial score (nSPS) is 19.3. The van der Waals surface area contributed by atoms with Gasteiger partial charge in [-0.25, -0.2) is 4.68 Å². The number of hydrogen-bond donors (Lipinski definition) is 0. The van der Waals surface area contributed by atoms with E-state index in [4.69, 9.17) is 4.74 Å². The van der Waals surface area contributed by atoms with Crippen LogP contribution in [0.15, 0.2) is 64.2 Å². The van der Waals surface area contributed by atoms with Crippen LogP contribution >= 0.6 is 0 Å². The first-order valence-electron chi connectivity index (χ1n) is 10.7. The summed E-state index contributed by atoms with van der Waals surface area (Å²) in [4.78, 5) is 39.5. The SMILES string of the molecule is COc1ccc(-c2ccc(=O)n(CC(=O)N3CC4CC(C3)c3cccc(=O)n3C4)n2)cc1. The number of carbonyl (C=O) groups excluding carboxylic acids is 1. The van der Waals surface area contributed by atoms with Gasteiger partial charge in [-0.2, -0.15) is 5.10 Å². The predicted octanol–water partition coefficient (Wildman–Crippen LogP) is 1.73. The molecule has 1 aromatic carbocycles. The van der Waals surface area contributed by atoms with Crippen LogP contribution < -0.4 is 15.9 Å². The van der Waals surface area contributed by atoms with Crippen LogP contribution in [0.4, 0.5) is 0 Å². The number of nitrogens with zero attached hydrogens (tertiary/aromatic N) is 4. The van der Waals surface area contributed by atoms with Crippen LogP contribution in [-0.2, 0) is 17.9 Å². The first-order valence-corrected chi connectivity index (χ1v) is 10.7. The number of amides is 1. The standard InChI is InChI=1S/C24H24N4O4/c1-32-19-7-5-17(6-8-19)20-9-10-23(30)28(25-20)15-24(31)26-12-16-11-18(14-26)21-3-2-4-22(29)27(21)13-16/h2-10,16,18H,11-15H2,1H3. The fraction of sp³-hybridized carbons (Fsp3) is 0.333. The Morgan fingerprint density at radius 2 is 1.81 bits per heavy atom. The van der Waals surface area contributed by atoms with Crippen molar-refractivity contribution in [2.75, 3.05) is 20.2 Å². The summed E-state index contributed by atoms with van der Waals surface area (Å²) in [6.07, 6.45) is 0.971. The van der Waals surface area contributed by atoms with Crippen LogP contribution in [0.25, 0.3) is 11.3 Å². The summed E-state index contributed by atoms with van der Waals surface area (Å²) in [6, 6.07) is 15.8. The molecule has 164 valence electrons. The van der Waals surface area contributed by atoms with E-state index in [0.29, 0.717) is 25.3 Å². The lowest BCUT2D eigenvalue weighted by atomic mass is 9.83. The molecule has 0 radical (unpaired) electrons. The number of carbonyl (C=O) groups is 1. The van der Waals surface area contributed by atoms with Gasteiger partial charge in [0.2, 0.25) is 5.91 Å². The molecule has 2 aliphatic heterocycles. The highest BCUT2D eigenvalue weighted by Crippen LogP contribution is 2.35. The molecule has 8 heteroatoms. The summed E-state index contributed by atoms with van der Waals surface area (Å²) in [5.74, 6) is 0.973. The molecule has 1 fully saturated rings. The minimum Gasteiger partial charge on any atom is -0.497 e. The third-order valence-electron chi connectivity index (χ3n) is 6.37. The highest BCUT2D eigenvalue weighted by molar-refractivity contribution is 5.76. The predicted molar refractivity (Wildman–Crippen MR) is 119 cm³/mol. The minimum atomic E-state index is -0.315. The van der Waals surface area contributed by atoms with E-state index in [1.165, 1.54) is 10.7 Å². The third-order valence-corrected chi connectivity index (χ3v) is 6.37. The zero-order valence-electron chi connectivity index (χ0n) is 17.8. The summed E-state index contributed by atoms with van der Waals surface area (Å²) in [6.45, 7) is 1.65. The summed E-state index contributed by atoms with van der Waals surface area (Å²) < 4.78 is 8.25. The van der Waals surface area contributed by atoms with Crippen molar-refractivity contribution >= 4 is 5.91 Å². The van der Waals surface area contributed by atoms with Gasteiger partial charge in [-0.1, -0.05) is 6.07 Å². The van der Waals surface area contributed by atoms with Gasteiger partial charge in [0, 0.05) is 48.9 Å². The van der Waals surface area contributed by atoms with Crippen LogP contribution in [0, 0.1) is 5.92 Å². The molecule has 2 aromatic heterocycles. The number of aromatic nitrogens is 3. The van der Waals surface area contributed by atoms with Crippen LogP contribution in [0.2, 0.25) is 0 Å². The molecule has 3 aromatic rings. The lowest BCUT2D eigenvalue weighted by Gasteiger charge is -2.42. The molecular formula is C24H24N4O4. The molecule has 8 nitrogen and oxygen atoms in total. The molecular weight excluding hydrogens is 408 g/mol. The monoisotopic (exact) mass is 432 g/mol. The first kappa shape index (κ1) is 20.2. The van der Waals surface area contributed by atoms with Gasteiger partial charge in [0.25, 0.3) is 11.1 Å². The molecule has 2 bridgehead atoms. The largest absolute Gasteiger partial charge is 0.497 e. The molecule has 0 N–H and O–H groups in total. The Balaban J connectivity index is 1.35. The smallest absolute Gasteiger partial charge is 0.267 e. The number of ether oxygens (including phenoxy) is 1. The number of pyridine rings is 1. The van der Waals surface area contributed by atoms with E-state index in [9.17, 15) is 14.4 Å². The average molecular weight is 432 g/mol. The van der Waals surface area contributed by atoms with Crippen molar-refractivity contribution in [3.63, 3.8) is 0 Å². The molecule has 0 spiro atoms. The van der Waals surface area contributed by atoms with E-state index < -0.39 is 0 Å². The van der Waals surface area contributed by atoms with Gasteiger partial charge >= 0.3 is 0 Å². The van der Waals surface area contributed by atoms with E-state index >= 15 is 0 Å². The van der Waals surface area contributed by atoms with E-state index in [1.807, 2.05) is 39.8 Å². The quantitative estimate of drug-likeness (QED) is 0.627. The van der Waals surface area contributed by atoms with Crippen molar-refractivity contribution in [3.8, 4) is 17.0 Å². The number of likely N-dealkylation sites (tertiary alicyclic amines) is 1. The van der Waals surface area contributed by atoms with Gasteiger partial charge in [-0.3, -0.25) is 14.4 Å². The van der Waals surface area contributed by atoms with Gasteiger partial charge in [0.1, 0.15) is 12.3 Å². The molecule has 2 unspecified atom stereocenters. The lowest BCUT2D eigenvalue weighted by Crippen LogP contribution is -2.50. The topological polar surface area (TPSA) is 86.4 Å². The molecule has 1 saturated heterocycles. The van der Waals surface area contributed by atoms with Gasteiger partial charge < -0.3 is 14.2 Å². The lowest BCUT2D eigenvalue weighted by molar-refractivity contribution is -0.134. The Morgan fingerprint density at radius 1 is 1.00 bits per heavy atom.